The van der Waals surface area contributed by atoms with E-state index in [0.717, 1.165) is 25.9 Å². The average Bonchev–Trinajstić information content (AvgIpc) is 2.93. The lowest BCUT2D eigenvalue weighted by Gasteiger charge is -2.15. The third-order valence-corrected chi connectivity index (χ3v) is 3.21. The lowest BCUT2D eigenvalue weighted by atomic mass is 10.2. The summed E-state index contributed by atoms with van der Waals surface area (Å²) in [5, 5.41) is 13.8. The molecule has 19 heavy (non-hydrogen) atoms. The maximum Gasteiger partial charge on any atom is 0.292 e. The van der Waals surface area contributed by atoms with Crippen LogP contribution in [0.4, 0.5) is 11.4 Å². The fraction of sp³-hybridized carbons (Fsp3) is 0.462. The Morgan fingerprint density at radius 3 is 2.68 bits per heavy atom. The molecule has 1 aliphatic rings. The van der Waals surface area contributed by atoms with Gasteiger partial charge in [0.2, 0.25) is 5.91 Å². The average molecular weight is 263 g/mol. The number of amides is 1. The van der Waals surface area contributed by atoms with E-state index in [2.05, 4.69) is 5.32 Å². The molecule has 0 spiro atoms. The second-order valence-corrected chi connectivity index (χ2v) is 4.54. The second kappa shape index (κ2) is 6.17. The van der Waals surface area contributed by atoms with E-state index < -0.39 is 4.92 Å². The lowest BCUT2D eigenvalue weighted by molar-refractivity contribution is -0.384. The summed E-state index contributed by atoms with van der Waals surface area (Å²) in [5.74, 6) is 0.114. The Morgan fingerprint density at radius 1 is 1.32 bits per heavy atom. The standard InChI is InChI=1S/C13H17N3O3/c17-13(15-9-3-4-10-15)7-8-14-11-5-1-2-6-12(11)16(18)19/h1-2,5-6,14H,3-4,7-10H2. The molecule has 1 heterocycles. The van der Waals surface area contributed by atoms with Crippen molar-refractivity contribution in [2.45, 2.75) is 19.3 Å². The number of carbonyl (C=O) groups is 1. The molecule has 1 N–H and O–H groups in total. The van der Waals surface area contributed by atoms with Crippen LogP contribution in [0.25, 0.3) is 0 Å². The Kier molecular flexibility index (Phi) is 4.33. The zero-order valence-electron chi connectivity index (χ0n) is 10.7. The SMILES string of the molecule is O=C(CCNc1ccccc1[N+](=O)[O-])N1CCCC1. The first kappa shape index (κ1) is 13.3. The van der Waals surface area contributed by atoms with Crippen LogP contribution in [0.3, 0.4) is 0 Å². The van der Waals surface area contributed by atoms with E-state index in [-0.39, 0.29) is 11.6 Å². The van der Waals surface area contributed by atoms with Crippen LogP contribution in [0.2, 0.25) is 0 Å². The lowest BCUT2D eigenvalue weighted by Crippen LogP contribution is -2.29. The molecule has 2 rings (SSSR count). The molecule has 0 saturated carbocycles. The van der Waals surface area contributed by atoms with Crippen LogP contribution in [0.5, 0.6) is 0 Å². The summed E-state index contributed by atoms with van der Waals surface area (Å²) in [4.78, 5) is 24.0. The third kappa shape index (κ3) is 3.43. The minimum absolute atomic E-state index is 0.0381. The molecular weight excluding hydrogens is 246 g/mol. The van der Waals surface area contributed by atoms with E-state index in [1.165, 1.54) is 6.07 Å². The molecule has 1 aromatic carbocycles. The van der Waals surface area contributed by atoms with Gasteiger partial charge in [-0.15, -0.1) is 0 Å². The van der Waals surface area contributed by atoms with Gasteiger partial charge in [-0.2, -0.15) is 0 Å². The molecule has 1 aromatic rings. The Labute approximate surface area is 111 Å². The second-order valence-electron chi connectivity index (χ2n) is 4.54. The largest absolute Gasteiger partial charge is 0.379 e. The maximum atomic E-state index is 11.8. The van der Waals surface area contributed by atoms with Crippen molar-refractivity contribution in [2.24, 2.45) is 0 Å². The van der Waals surface area contributed by atoms with Gasteiger partial charge in [-0.1, -0.05) is 12.1 Å². The molecule has 1 amide bonds. The molecule has 1 saturated heterocycles. The van der Waals surface area contributed by atoms with Crippen molar-refractivity contribution in [1.82, 2.24) is 4.90 Å². The summed E-state index contributed by atoms with van der Waals surface area (Å²) in [6, 6.07) is 6.46. The fourth-order valence-electron chi connectivity index (χ4n) is 2.21. The van der Waals surface area contributed by atoms with Crippen LogP contribution in [0, 0.1) is 10.1 Å². The van der Waals surface area contributed by atoms with Crippen molar-refractivity contribution in [3.63, 3.8) is 0 Å². The summed E-state index contributed by atoms with van der Waals surface area (Å²) >= 11 is 0. The minimum atomic E-state index is -0.426. The van der Waals surface area contributed by atoms with E-state index in [1.54, 1.807) is 18.2 Å². The highest BCUT2D eigenvalue weighted by Crippen LogP contribution is 2.23. The van der Waals surface area contributed by atoms with Gasteiger partial charge in [-0.05, 0) is 18.9 Å². The van der Waals surface area contributed by atoms with Crippen molar-refractivity contribution >= 4 is 17.3 Å². The van der Waals surface area contributed by atoms with Crippen LogP contribution in [0.15, 0.2) is 24.3 Å². The van der Waals surface area contributed by atoms with Crippen molar-refractivity contribution in [3.05, 3.63) is 34.4 Å². The van der Waals surface area contributed by atoms with Crippen molar-refractivity contribution in [3.8, 4) is 0 Å². The molecule has 102 valence electrons. The molecule has 0 aliphatic carbocycles. The van der Waals surface area contributed by atoms with E-state index >= 15 is 0 Å². The topological polar surface area (TPSA) is 75.5 Å². The van der Waals surface area contributed by atoms with Gasteiger partial charge in [0, 0.05) is 32.1 Å². The minimum Gasteiger partial charge on any atom is -0.379 e. The first-order valence-corrected chi connectivity index (χ1v) is 6.43. The Morgan fingerprint density at radius 2 is 2.00 bits per heavy atom. The molecule has 0 aromatic heterocycles. The van der Waals surface area contributed by atoms with Gasteiger partial charge in [0.25, 0.3) is 5.69 Å². The fourth-order valence-corrected chi connectivity index (χ4v) is 2.21. The molecule has 1 fully saturated rings. The van der Waals surface area contributed by atoms with Gasteiger partial charge in [-0.25, -0.2) is 0 Å². The molecule has 0 atom stereocenters. The number of nitrogens with zero attached hydrogens (tertiary/aromatic N) is 2. The number of nitro groups is 1. The van der Waals surface area contributed by atoms with Crippen LogP contribution in [-0.2, 0) is 4.79 Å². The molecule has 0 unspecified atom stereocenters. The quantitative estimate of drug-likeness (QED) is 0.651. The smallest absolute Gasteiger partial charge is 0.292 e. The first-order valence-electron chi connectivity index (χ1n) is 6.43. The zero-order chi connectivity index (χ0) is 13.7. The highest BCUT2D eigenvalue weighted by molar-refractivity contribution is 5.77. The number of benzene rings is 1. The van der Waals surface area contributed by atoms with Crippen molar-refractivity contribution in [2.75, 3.05) is 25.0 Å². The van der Waals surface area contributed by atoms with Gasteiger partial charge >= 0.3 is 0 Å². The Hall–Kier alpha value is -2.11. The van der Waals surface area contributed by atoms with Gasteiger partial charge in [0.05, 0.1) is 4.92 Å². The number of rotatable bonds is 5. The molecule has 1 aliphatic heterocycles. The summed E-state index contributed by atoms with van der Waals surface area (Å²) in [6.07, 6.45) is 2.51. The van der Waals surface area contributed by atoms with Crippen LogP contribution in [0.1, 0.15) is 19.3 Å². The van der Waals surface area contributed by atoms with Gasteiger partial charge in [0.1, 0.15) is 5.69 Å². The molecule has 0 radical (unpaired) electrons. The number of hydrogen-bond donors (Lipinski definition) is 1. The van der Waals surface area contributed by atoms with E-state index in [9.17, 15) is 14.9 Å². The number of likely N-dealkylation sites (tertiary alicyclic amines) is 1. The van der Waals surface area contributed by atoms with Crippen LogP contribution in [-0.4, -0.2) is 35.4 Å². The number of hydrogen-bond acceptors (Lipinski definition) is 4. The van der Waals surface area contributed by atoms with Crippen molar-refractivity contribution in [1.29, 1.82) is 0 Å². The molecule has 6 heteroatoms. The predicted octanol–water partition coefficient (Wildman–Crippen LogP) is 2.02. The Bertz CT molecular complexity index is 470. The van der Waals surface area contributed by atoms with Crippen molar-refractivity contribution < 1.29 is 9.72 Å². The molecule has 0 bridgehead atoms. The summed E-state index contributed by atoms with van der Waals surface area (Å²) < 4.78 is 0. The van der Waals surface area contributed by atoms with Crippen LogP contribution >= 0.6 is 0 Å². The highest BCUT2D eigenvalue weighted by Gasteiger charge is 2.18. The number of nitrogens with one attached hydrogen (secondary N) is 1. The third-order valence-electron chi connectivity index (χ3n) is 3.21. The Balaban J connectivity index is 1.85. The van der Waals surface area contributed by atoms with Gasteiger partial charge < -0.3 is 10.2 Å². The molecular formula is C13H17N3O3. The normalized spacial score (nSPS) is 14.4. The number of para-hydroxylation sites is 2. The van der Waals surface area contributed by atoms with Gasteiger partial charge in [0.15, 0.2) is 0 Å². The molecule has 6 nitrogen and oxygen atoms in total. The maximum absolute atomic E-state index is 11.8. The number of carbonyl (C=O) groups excluding carboxylic acids is 1. The van der Waals surface area contributed by atoms with E-state index in [4.69, 9.17) is 0 Å². The number of nitro benzene ring substituents is 1. The number of anilines is 1. The highest BCUT2D eigenvalue weighted by atomic mass is 16.6. The summed E-state index contributed by atoms with van der Waals surface area (Å²) in [5.41, 5.74) is 0.498. The first-order chi connectivity index (χ1) is 9.18. The summed E-state index contributed by atoms with van der Waals surface area (Å²) in [7, 11) is 0. The predicted molar refractivity (Wildman–Crippen MR) is 72.0 cm³/mol. The van der Waals surface area contributed by atoms with E-state index in [0.29, 0.717) is 18.7 Å². The van der Waals surface area contributed by atoms with E-state index in [1.807, 2.05) is 4.90 Å². The summed E-state index contributed by atoms with van der Waals surface area (Å²) in [6.45, 7) is 2.09. The van der Waals surface area contributed by atoms with Gasteiger partial charge in [-0.3, -0.25) is 14.9 Å². The monoisotopic (exact) mass is 263 g/mol. The van der Waals surface area contributed by atoms with Crippen LogP contribution < -0.4 is 5.32 Å². The zero-order valence-corrected chi connectivity index (χ0v) is 10.7.